The molecule has 0 aliphatic heterocycles. The Morgan fingerprint density at radius 3 is 2.40 bits per heavy atom. The summed E-state index contributed by atoms with van der Waals surface area (Å²) in [5, 5.41) is 0.315. The molecule has 25 heavy (non-hydrogen) atoms. The van der Waals surface area contributed by atoms with Crippen LogP contribution in [0.3, 0.4) is 0 Å². The van der Waals surface area contributed by atoms with Crippen LogP contribution >= 0.6 is 11.6 Å². The van der Waals surface area contributed by atoms with Gasteiger partial charge in [-0.25, -0.2) is 4.79 Å². The normalized spacial score (nSPS) is 11.4. The van der Waals surface area contributed by atoms with Crippen LogP contribution in [-0.2, 0) is 19.1 Å². The highest BCUT2D eigenvalue weighted by molar-refractivity contribution is 6.32. The molecule has 0 fully saturated rings. The first kappa shape index (κ1) is 21.0. The monoisotopic (exact) mass is 370 g/mol. The van der Waals surface area contributed by atoms with Crippen molar-refractivity contribution in [1.82, 2.24) is 0 Å². The standard InChI is InChI=1S/C18H23ClO6/c1-11(2)25-17-15(19)9-13(10-16(17)23-5)8-14(12(3)20)18(21)24-7-6-22-4/h8-11H,6-7H2,1-5H3/b14-8+. The average Bonchev–Trinajstić information content (AvgIpc) is 2.54. The fourth-order valence-corrected chi connectivity index (χ4v) is 2.20. The van der Waals surface area contributed by atoms with E-state index in [2.05, 4.69) is 0 Å². The Morgan fingerprint density at radius 1 is 1.20 bits per heavy atom. The summed E-state index contributed by atoms with van der Waals surface area (Å²) in [5.74, 6) is -0.325. The van der Waals surface area contributed by atoms with Crippen LogP contribution in [0.25, 0.3) is 6.08 Å². The molecule has 0 spiro atoms. The van der Waals surface area contributed by atoms with E-state index in [1.54, 1.807) is 12.1 Å². The number of ether oxygens (including phenoxy) is 4. The van der Waals surface area contributed by atoms with Gasteiger partial charge in [0.15, 0.2) is 17.3 Å². The molecule has 7 heteroatoms. The van der Waals surface area contributed by atoms with Crippen LogP contribution < -0.4 is 9.47 Å². The molecule has 0 unspecified atom stereocenters. The second kappa shape index (κ2) is 10.1. The van der Waals surface area contributed by atoms with Gasteiger partial charge in [-0.2, -0.15) is 0 Å². The molecule has 0 aromatic heterocycles. The fraction of sp³-hybridized carbons (Fsp3) is 0.444. The van der Waals surface area contributed by atoms with Crippen LogP contribution in [0.2, 0.25) is 5.02 Å². The Bertz CT molecular complexity index is 651. The largest absolute Gasteiger partial charge is 0.493 e. The van der Waals surface area contributed by atoms with Crippen molar-refractivity contribution in [1.29, 1.82) is 0 Å². The molecule has 1 aromatic rings. The average molecular weight is 371 g/mol. The molecule has 0 aliphatic carbocycles. The van der Waals surface area contributed by atoms with Crippen molar-refractivity contribution < 1.29 is 28.5 Å². The van der Waals surface area contributed by atoms with E-state index < -0.39 is 11.8 Å². The number of Topliss-reactive ketones (excluding diaryl/α,β-unsaturated/α-hetero) is 1. The number of methoxy groups -OCH3 is 2. The Balaban J connectivity index is 3.19. The molecule has 0 amide bonds. The zero-order chi connectivity index (χ0) is 19.0. The fourth-order valence-electron chi connectivity index (χ4n) is 1.94. The van der Waals surface area contributed by atoms with Crippen molar-refractivity contribution in [2.24, 2.45) is 0 Å². The summed E-state index contributed by atoms with van der Waals surface area (Å²) in [4.78, 5) is 23.8. The highest BCUT2D eigenvalue weighted by Gasteiger charge is 2.18. The summed E-state index contributed by atoms with van der Waals surface area (Å²) >= 11 is 6.25. The number of halogens is 1. The minimum absolute atomic E-state index is 0.0607. The highest BCUT2D eigenvalue weighted by atomic mass is 35.5. The maximum Gasteiger partial charge on any atom is 0.341 e. The minimum Gasteiger partial charge on any atom is -0.493 e. The number of hydrogen-bond acceptors (Lipinski definition) is 6. The smallest absolute Gasteiger partial charge is 0.341 e. The summed E-state index contributed by atoms with van der Waals surface area (Å²) in [6.07, 6.45) is 1.32. The van der Waals surface area contributed by atoms with E-state index in [4.69, 9.17) is 30.5 Å². The third-order valence-electron chi connectivity index (χ3n) is 3.04. The molecule has 0 radical (unpaired) electrons. The third kappa shape index (κ3) is 6.40. The van der Waals surface area contributed by atoms with Gasteiger partial charge in [0.1, 0.15) is 12.2 Å². The molecule has 0 aliphatic rings. The van der Waals surface area contributed by atoms with Crippen molar-refractivity contribution >= 4 is 29.4 Å². The van der Waals surface area contributed by atoms with Crippen LogP contribution in [0.1, 0.15) is 26.3 Å². The Morgan fingerprint density at radius 2 is 1.88 bits per heavy atom. The van der Waals surface area contributed by atoms with Crippen molar-refractivity contribution in [2.45, 2.75) is 26.9 Å². The SMILES string of the molecule is COCCOC(=O)/C(=C/c1cc(Cl)c(OC(C)C)c(OC)c1)C(C)=O. The zero-order valence-electron chi connectivity index (χ0n) is 15.1. The molecule has 0 saturated heterocycles. The number of ketones is 1. The summed E-state index contributed by atoms with van der Waals surface area (Å²) < 4.78 is 20.7. The van der Waals surface area contributed by atoms with Gasteiger partial charge in [0.05, 0.1) is 24.8 Å². The second-order valence-corrected chi connectivity index (χ2v) is 5.85. The first-order valence-corrected chi connectivity index (χ1v) is 8.10. The van der Waals surface area contributed by atoms with Gasteiger partial charge in [-0.1, -0.05) is 11.6 Å². The number of carbonyl (C=O) groups excluding carboxylic acids is 2. The van der Waals surface area contributed by atoms with E-state index >= 15 is 0 Å². The summed E-state index contributed by atoms with van der Waals surface area (Å²) in [5.41, 5.74) is 0.429. The number of hydrogen-bond donors (Lipinski definition) is 0. The van der Waals surface area contributed by atoms with Gasteiger partial charge < -0.3 is 18.9 Å². The topological polar surface area (TPSA) is 71.1 Å². The summed E-state index contributed by atoms with van der Waals surface area (Å²) in [6, 6.07) is 3.22. The van der Waals surface area contributed by atoms with Crippen LogP contribution in [-0.4, -0.2) is 45.3 Å². The van der Waals surface area contributed by atoms with Gasteiger partial charge in [-0.15, -0.1) is 0 Å². The Kier molecular flexibility index (Phi) is 8.45. The number of benzene rings is 1. The van der Waals surface area contributed by atoms with Gasteiger partial charge in [0, 0.05) is 7.11 Å². The van der Waals surface area contributed by atoms with E-state index in [0.29, 0.717) is 22.1 Å². The number of esters is 1. The van der Waals surface area contributed by atoms with Crippen LogP contribution in [0.5, 0.6) is 11.5 Å². The molecule has 0 saturated carbocycles. The molecular weight excluding hydrogens is 348 g/mol. The highest BCUT2D eigenvalue weighted by Crippen LogP contribution is 2.37. The van der Waals surface area contributed by atoms with Gasteiger partial charge in [-0.3, -0.25) is 4.79 Å². The molecule has 0 bridgehead atoms. The molecular formula is C18H23ClO6. The van der Waals surface area contributed by atoms with Crippen molar-refractivity contribution in [3.63, 3.8) is 0 Å². The minimum atomic E-state index is -0.720. The van der Waals surface area contributed by atoms with Crippen LogP contribution in [0, 0.1) is 0 Å². The molecule has 6 nitrogen and oxygen atoms in total. The lowest BCUT2D eigenvalue weighted by atomic mass is 10.1. The predicted octanol–water partition coefficient (Wildman–Crippen LogP) is 3.30. The Labute approximate surface area is 152 Å². The summed E-state index contributed by atoms with van der Waals surface area (Å²) in [6.45, 7) is 5.34. The lowest BCUT2D eigenvalue weighted by molar-refractivity contribution is -0.141. The second-order valence-electron chi connectivity index (χ2n) is 5.44. The molecule has 0 atom stereocenters. The Hall–Kier alpha value is -2.05. The van der Waals surface area contributed by atoms with Crippen LogP contribution in [0.4, 0.5) is 0 Å². The maximum atomic E-state index is 12.1. The first-order chi connectivity index (χ1) is 11.8. The van der Waals surface area contributed by atoms with Crippen molar-refractivity contribution in [3.05, 3.63) is 28.3 Å². The van der Waals surface area contributed by atoms with E-state index in [9.17, 15) is 9.59 Å². The van der Waals surface area contributed by atoms with E-state index in [-0.39, 0.29) is 24.9 Å². The summed E-state index contributed by atoms with van der Waals surface area (Å²) in [7, 11) is 2.97. The number of rotatable bonds is 9. The van der Waals surface area contributed by atoms with Gasteiger partial charge >= 0.3 is 5.97 Å². The predicted molar refractivity (Wildman–Crippen MR) is 95.3 cm³/mol. The third-order valence-corrected chi connectivity index (χ3v) is 3.32. The van der Waals surface area contributed by atoms with E-state index in [1.165, 1.54) is 27.2 Å². The maximum absolute atomic E-state index is 12.1. The molecule has 0 heterocycles. The first-order valence-electron chi connectivity index (χ1n) is 7.73. The molecule has 0 N–H and O–H groups in total. The quantitative estimate of drug-likeness (QED) is 0.218. The van der Waals surface area contributed by atoms with Crippen molar-refractivity contribution in [3.8, 4) is 11.5 Å². The number of carbonyl (C=O) groups is 2. The van der Waals surface area contributed by atoms with Crippen molar-refractivity contribution in [2.75, 3.05) is 27.4 Å². The van der Waals surface area contributed by atoms with Crippen LogP contribution in [0.15, 0.2) is 17.7 Å². The van der Waals surface area contributed by atoms with E-state index in [0.717, 1.165) is 0 Å². The zero-order valence-corrected chi connectivity index (χ0v) is 15.8. The van der Waals surface area contributed by atoms with E-state index in [1.807, 2.05) is 13.8 Å². The molecule has 1 aromatic carbocycles. The lowest BCUT2D eigenvalue weighted by Gasteiger charge is -2.16. The molecule has 1 rings (SSSR count). The van der Waals surface area contributed by atoms with Gasteiger partial charge in [0.25, 0.3) is 0 Å². The van der Waals surface area contributed by atoms with Gasteiger partial charge in [-0.05, 0) is 44.5 Å². The molecule has 138 valence electrons. The van der Waals surface area contributed by atoms with Gasteiger partial charge in [0.2, 0.25) is 0 Å². The lowest BCUT2D eigenvalue weighted by Crippen LogP contribution is -2.16.